The molecule has 1 aromatic heterocycles. The number of rotatable bonds is 4. The molecule has 1 atom stereocenters. The number of hydrogen-bond acceptors (Lipinski definition) is 3. The Hall–Kier alpha value is -1.94. The molecule has 3 nitrogen and oxygen atoms in total. The van der Waals surface area contributed by atoms with Gasteiger partial charge in [0, 0.05) is 31.9 Å². The van der Waals surface area contributed by atoms with Crippen LogP contribution in [0.1, 0.15) is 12.0 Å². The third-order valence-electron chi connectivity index (χ3n) is 3.48. The molecule has 104 valence electrons. The zero-order chi connectivity index (χ0) is 13.8. The van der Waals surface area contributed by atoms with E-state index in [1.54, 1.807) is 6.07 Å². The molecule has 0 spiro atoms. The minimum Gasteiger partial charge on any atom is -0.489 e. The first-order chi connectivity index (χ1) is 9.79. The predicted molar refractivity (Wildman–Crippen MR) is 74.9 cm³/mol. The highest BCUT2D eigenvalue weighted by molar-refractivity contribution is 5.19. The van der Waals surface area contributed by atoms with E-state index in [0.29, 0.717) is 5.75 Å². The summed E-state index contributed by atoms with van der Waals surface area (Å²) in [6, 6.07) is 13.4. The number of hydrogen-bond donors (Lipinski definition) is 0. The van der Waals surface area contributed by atoms with Gasteiger partial charge in [0.2, 0.25) is 5.95 Å². The normalized spacial score (nSPS) is 19.1. The van der Waals surface area contributed by atoms with Crippen molar-refractivity contribution in [3.8, 4) is 5.75 Å². The maximum Gasteiger partial charge on any atom is 0.216 e. The second-order valence-corrected chi connectivity index (χ2v) is 5.06. The number of benzene rings is 1. The molecular formula is C16H17FN2O. The molecule has 1 unspecified atom stereocenters. The van der Waals surface area contributed by atoms with E-state index in [9.17, 15) is 4.39 Å². The number of halogens is 1. The van der Waals surface area contributed by atoms with Gasteiger partial charge in [0.1, 0.15) is 11.9 Å². The van der Waals surface area contributed by atoms with Crippen LogP contribution in [0.25, 0.3) is 0 Å². The number of aromatic nitrogens is 1. The second kappa shape index (κ2) is 6.01. The zero-order valence-electron chi connectivity index (χ0n) is 11.2. The molecular weight excluding hydrogens is 255 g/mol. The largest absolute Gasteiger partial charge is 0.489 e. The standard InChI is InChI=1S/C16H17FN2O/c17-16-10-14(6-8-18-16)20-15-7-9-19(12-15)11-13-4-2-1-3-5-13/h1-6,8,10,15H,7,9,11-12H2. The molecule has 1 aliphatic rings. The Morgan fingerprint density at radius 2 is 2.10 bits per heavy atom. The Bertz CT molecular complexity index is 561. The van der Waals surface area contributed by atoms with Crippen LogP contribution in [0.5, 0.6) is 5.75 Å². The highest BCUT2D eigenvalue weighted by Crippen LogP contribution is 2.19. The lowest BCUT2D eigenvalue weighted by atomic mass is 10.2. The van der Waals surface area contributed by atoms with Gasteiger partial charge in [0.05, 0.1) is 0 Å². The second-order valence-electron chi connectivity index (χ2n) is 5.06. The van der Waals surface area contributed by atoms with Gasteiger partial charge in [-0.2, -0.15) is 4.39 Å². The first-order valence-corrected chi connectivity index (χ1v) is 6.84. The first kappa shape index (κ1) is 13.1. The van der Waals surface area contributed by atoms with Crippen molar-refractivity contribution in [2.75, 3.05) is 13.1 Å². The molecule has 0 N–H and O–H groups in total. The van der Waals surface area contributed by atoms with Gasteiger partial charge in [-0.05, 0) is 18.1 Å². The molecule has 0 saturated carbocycles. The summed E-state index contributed by atoms with van der Waals surface area (Å²) < 4.78 is 18.8. The lowest BCUT2D eigenvalue weighted by Gasteiger charge is -2.17. The molecule has 1 fully saturated rings. The Balaban J connectivity index is 1.54. The van der Waals surface area contributed by atoms with Crippen LogP contribution in [0.15, 0.2) is 48.7 Å². The molecule has 1 aliphatic heterocycles. The van der Waals surface area contributed by atoms with E-state index in [-0.39, 0.29) is 6.10 Å². The number of ether oxygens (including phenoxy) is 1. The molecule has 1 aromatic carbocycles. The summed E-state index contributed by atoms with van der Waals surface area (Å²) in [4.78, 5) is 5.89. The van der Waals surface area contributed by atoms with Crippen molar-refractivity contribution in [3.63, 3.8) is 0 Å². The Morgan fingerprint density at radius 3 is 2.90 bits per heavy atom. The van der Waals surface area contributed by atoms with Crippen molar-refractivity contribution >= 4 is 0 Å². The summed E-state index contributed by atoms with van der Waals surface area (Å²) in [6.07, 6.45) is 2.53. The number of pyridine rings is 1. The molecule has 0 radical (unpaired) electrons. The fraction of sp³-hybridized carbons (Fsp3) is 0.312. The van der Waals surface area contributed by atoms with Crippen LogP contribution in [-0.4, -0.2) is 29.1 Å². The summed E-state index contributed by atoms with van der Waals surface area (Å²) in [5, 5.41) is 0. The van der Waals surface area contributed by atoms with Crippen LogP contribution >= 0.6 is 0 Å². The average Bonchev–Trinajstić information content (AvgIpc) is 2.87. The topological polar surface area (TPSA) is 25.4 Å². The van der Waals surface area contributed by atoms with E-state index in [1.165, 1.54) is 17.8 Å². The smallest absolute Gasteiger partial charge is 0.216 e. The summed E-state index contributed by atoms with van der Waals surface area (Å²) in [7, 11) is 0. The average molecular weight is 272 g/mol. The Morgan fingerprint density at radius 1 is 1.25 bits per heavy atom. The van der Waals surface area contributed by atoms with Crippen LogP contribution in [0.4, 0.5) is 4.39 Å². The summed E-state index contributed by atoms with van der Waals surface area (Å²) in [6.45, 7) is 2.82. The van der Waals surface area contributed by atoms with Crippen molar-refractivity contribution in [2.45, 2.75) is 19.1 Å². The van der Waals surface area contributed by atoms with E-state index in [0.717, 1.165) is 26.1 Å². The van der Waals surface area contributed by atoms with Gasteiger partial charge in [0.25, 0.3) is 0 Å². The third-order valence-corrected chi connectivity index (χ3v) is 3.48. The number of likely N-dealkylation sites (tertiary alicyclic amines) is 1. The van der Waals surface area contributed by atoms with Crippen LogP contribution in [0, 0.1) is 5.95 Å². The van der Waals surface area contributed by atoms with Gasteiger partial charge < -0.3 is 4.74 Å². The Kier molecular flexibility index (Phi) is 3.92. The van der Waals surface area contributed by atoms with Crippen molar-refractivity contribution in [1.82, 2.24) is 9.88 Å². The first-order valence-electron chi connectivity index (χ1n) is 6.84. The van der Waals surface area contributed by atoms with E-state index >= 15 is 0 Å². The van der Waals surface area contributed by atoms with Crippen LogP contribution in [-0.2, 0) is 6.54 Å². The van der Waals surface area contributed by atoms with Gasteiger partial charge in [-0.3, -0.25) is 4.90 Å². The summed E-state index contributed by atoms with van der Waals surface area (Å²) in [5.41, 5.74) is 1.31. The van der Waals surface area contributed by atoms with Gasteiger partial charge in [0.15, 0.2) is 0 Å². The quantitative estimate of drug-likeness (QED) is 0.800. The maximum atomic E-state index is 13.0. The maximum absolute atomic E-state index is 13.0. The minimum atomic E-state index is -0.498. The van der Waals surface area contributed by atoms with E-state index in [2.05, 4.69) is 34.1 Å². The zero-order valence-corrected chi connectivity index (χ0v) is 11.2. The predicted octanol–water partition coefficient (Wildman–Crippen LogP) is 2.87. The number of nitrogens with zero attached hydrogens (tertiary/aromatic N) is 2. The fourth-order valence-corrected chi connectivity index (χ4v) is 2.53. The molecule has 1 saturated heterocycles. The summed E-state index contributed by atoms with van der Waals surface area (Å²) in [5.74, 6) is 0.0608. The lowest BCUT2D eigenvalue weighted by molar-refractivity contribution is 0.197. The molecule has 0 aliphatic carbocycles. The van der Waals surface area contributed by atoms with E-state index < -0.39 is 5.95 Å². The highest BCUT2D eigenvalue weighted by Gasteiger charge is 2.23. The third kappa shape index (κ3) is 3.33. The highest BCUT2D eigenvalue weighted by atomic mass is 19.1. The molecule has 2 heterocycles. The summed E-state index contributed by atoms with van der Waals surface area (Å²) >= 11 is 0. The van der Waals surface area contributed by atoms with Crippen molar-refractivity contribution < 1.29 is 9.13 Å². The molecule has 2 aromatic rings. The van der Waals surface area contributed by atoms with Crippen LogP contribution in [0.2, 0.25) is 0 Å². The molecule has 20 heavy (non-hydrogen) atoms. The van der Waals surface area contributed by atoms with Gasteiger partial charge in [-0.25, -0.2) is 4.98 Å². The van der Waals surface area contributed by atoms with Crippen molar-refractivity contribution in [3.05, 3.63) is 60.2 Å². The van der Waals surface area contributed by atoms with Crippen LogP contribution in [0.3, 0.4) is 0 Å². The van der Waals surface area contributed by atoms with Crippen molar-refractivity contribution in [2.24, 2.45) is 0 Å². The monoisotopic (exact) mass is 272 g/mol. The Labute approximate surface area is 118 Å². The molecule has 0 bridgehead atoms. The van der Waals surface area contributed by atoms with Gasteiger partial charge in [-0.15, -0.1) is 0 Å². The van der Waals surface area contributed by atoms with E-state index in [4.69, 9.17) is 4.74 Å². The lowest BCUT2D eigenvalue weighted by Crippen LogP contribution is -2.24. The molecule has 3 rings (SSSR count). The fourth-order valence-electron chi connectivity index (χ4n) is 2.53. The van der Waals surface area contributed by atoms with E-state index in [1.807, 2.05) is 6.07 Å². The molecule has 0 amide bonds. The van der Waals surface area contributed by atoms with Gasteiger partial charge >= 0.3 is 0 Å². The SMILES string of the molecule is Fc1cc(OC2CCN(Cc3ccccc3)C2)ccn1. The minimum absolute atomic E-state index is 0.125. The molecule has 4 heteroatoms. The van der Waals surface area contributed by atoms with Crippen molar-refractivity contribution in [1.29, 1.82) is 0 Å². The van der Waals surface area contributed by atoms with Crippen LogP contribution < -0.4 is 4.74 Å². The van der Waals surface area contributed by atoms with Gasteiger partial charge in [-0.1, -0.05) is 30.3 Å².